The standard InChI is InChI=1S/C11H15F2N4O12P3/c12-6-3-7(17-2-1-5-8(17)15-10(14)16-9(5)18)27-11(6,13)4-26-31(22,23)29-32(24,25)28-30(19,20)21/h1-2,6-7H,3-4H2,(H,22,23)(H,24,25)(H2,19,20,21)(H3,14,15,16,18)/t6-,7+,11+/m0/s1. The molecule has 3 rings (SSSR count). The molecule has 0 spiro atoms. The summed E-state index contributed by atoms with van der Waals surface area (Å²) >= 11 is 0. The number of aromatic amines is 1. The topological polar surface area (TPSA) is 246 Å². The molecule has 1 fully saturated rings. The van der Waals surface area contributed by atoms with Crippen LogP contribution in [0.5, 0.6) is 0 Å². The van der Waals surface area contributed by atoms with Gasteiger partial charge in [-0.15, -0.1) is 0 Å². The van der Waals surface area contributed by atoms with Crippen LogP contribution in [0.15, 0.2) is 17.1 Å². The van der Waals surface area contributed by atoms with Crippen molar-refractivity contribution >= 4 is 40.4 Å². The van der Waals surface area contributed by atoms with E-state index in [1.54, 1.807) is 0 Å². The maximum Gasteiger partial charge on any atom is 0.490 e. The van der Waals surface area contributed by atoms with Gasteiger partial charge in [-0.3, -0.25) is 14.3 Å². The van der Waals surface area contributed by atoms with Crippen LogP contribution >= 0.6 is 23.5 Å². The summed E-state index contributed by atoms with van der Waals surface area (Å²) in [6.45, 7) is -1.65. The molecule has 1 aliphatic heterocycles. The Balaban J connectivity index is 1.73. The predicted molar refractivity (Wildman–Crippen MR) is 98.1 cm³/mol. The minimum absolute atomic E-state index is 0.0304. The summed E-state index contributed by atoms with van der Waals surface area (Å²) in [4.78, 5) is 53.3. The summed E-state index contributed by atoms with van der Waals surface area (Å²) in [5.74, 6) is -3.66. The molecule has 32 heavy (non-hydrogen) atoms. The maximum atomic E-state index is 14.9. The first-order chi connectivity index (χ1) is 14.5. The minimum Gasteiger partial charge on any atom is -0.369 e. The molecule has 2 unspecified atom stereocenters. The van der Waals surface area contributed by atoms with Gasteiger partial charge in [-0.25, -0.2) is 22.5 Å². The lowest BCUT2D eigenvalue weighted by atomic mass is 10.2. The van der Waals surface area contributed by atoms with Gasteiger partial charge in [0.05, 0.1) is 5.39 Å². The Hall–Kier alpha value is -1.55. The number of nitrogens with zero attached hydrogens (tertiary/aromatic N) is 2. The molecule has 2 aromatic heterocycles. The smallest absolute Gasteiger partial charge is 0.369 e. The molecule has 0 amide bonds. The number of anilines is 1. The maximum absolute atomic E-state index is 14.9. The van der Waals surface area contributed by atoms with Crippen molar-refractivity contribution in [2.75, 3.05) is 12.3 Å². The van der Waals surface area contributed by atoms with Gasteiger partial charge in [-0.05, 0) is 6.07 Å². The highest BCUT2D eigenvalue weighted by molar-refractivity contribution is 7.66. The summed E-state index contributed by atoms with van der Waals surface area (Å²) in [6.07, 6.45) is -3.31. The monoisotopic (exact) mass is 526 g/mol. The van der Waals surface area contributed by atoms with Crippen LogP contribution < -0.4 is 11.3 Å². The van der Waals surface area contributed by atoms with E-state index in [0.29, 0.717) is 0 Å². The predicted octanol–water partition coefficient (Wildman–Crippen LogP) is 0.573. The lowest BCUT2D eigenvalue weighted by molar-refractivity contribution is -0.192. The van der Waals surface area contributed by atoms with E-state index < -0.39 is 60.3 Å². The van der Waals surface area contributed by atoms with Crippen LogP contribution in [0.4, 0.5) is 14.7 Å². The zero-order valence-corrected chi connectivity index (χ0v) is 18.0. The van der Waals surface area contributed by atoms with Crippen molar-refractivity contribution in [2.45, 2.75) is 24.7 Å². The number of nitrogen functional groups attached to an aromatic ring is 1. The van der Waals surface area contributed by atoms with Crippen molar-refractivity contribution < 1.29 is 59.9 Å². The highest BCUT2D eigenvalue weighted by Gasteiger charge is 2.53. The van der Waals surface area contributed by atoms with Gasteiger partial charge >= 0.3 is 23.5 Å². The number of rotatable bonds is 8. The lowest BCUT2D eigenvalue weighted by Gasteiger charge is -2.24. The zero-order valence-electron chi connectivity index (χ0n) is 15.3. The summed E-state index contributed by atoms with van der Waals surface area (Å²) in [7, 11) is -17.2. The number of nitrogens with two attached hydrogens (primary N) is 1. The van der Waals surface area contributed by atoms with E-state index in [0.717, 1.165) is 4.57 Å². The molecule has 7 N–H and O–H groups in total. The molecule has 16 nitrogen and oxygen atoms in total. The summed E-state index contributed by atoms with van der Waals surface area (Å²) < 4.78 is 79.9. The second-order valence-electron chi connectivity index (χ2n) is 6.34. The van der Waals surface area contributed by atoms with Gasteiger partial charge in [-0.1, -0.05) is 0 Å². The van der Waals surface area contributed by atoms with Crippen LogP contribution in [0.25, 0.3) is 11.0 Å². The fourth-order valence-corrected chi connectivity index (χ4v) is 5.79. The summed E-state index contributed by atoms with van der Waals surface area (Å²) in [5, 5.41) is 0.0304. The van der Waals surface area contributed by atoms with Crippen LogP contribution in [-0.4, -0.2) is 52.7 Å². The Bertz CT molecular complexity index is 1230. The molecule has 0 aromatic carbocycles. The zero-order chi connectivity index (χ0) is 24.1. The summed E-state index contributed by atoms with van der Waals surface area (Å²) in [6, 6.07) is 1.28. The number of halogens is 2. The quantitative estimate of drug-likeness (QED) is 0.258. The number of fused-ring (bicyclic) bond motifs is 1. The summed E-state index contributed by atoms with van der Waals surface area (Å²) in [5.41, 5.74) is 4.76. The van der Waals surface area contributed by atoms with Crippen LogP contribution in [0, 0.1) is 0 Å². The first-order valence-corrected chi connectivity index (χ1v) is 12.7. The van der Waals surface area contributed by atoms with Crippen LogP contribution in [0.2, 0.25) is 0 Å². The van der Waals surface area contributed by atoms with Gasteiger partial charge in [-0.2, -0.15) is 13.6 Å². The molecule has 5 atom stereocenters. The number of nitrogens with one attached hydrogen (secondary N) is 1. The Morgan fingerprint density at radius 1 is 1.28 bits per heavy atom. The molecule has 0 radical (unpaired) electrons. The van der Waals surface area contributed by atoms with Crippen molar-refractivity contribution in [3.05, 3.63) is 22.6 Å². The van der Waals surface area contributed by atoms with E-state index in [2.05, 4.69) is 23.1 Å². The number of aromatic nitrogens is 3. The average Bonchev–Trinajstić information content (AvgIpc) is 3.12. The number of ether oxygens (including phenoxy) is 1. The van der Waals surface area contributed by atoms with Gasteiger partial charge < -0.3 is 34.6 Å². The largest absolute Gasteiger partial charge is 0.490 e. The third kappa shape index (κ3) is 5.68. The molecule has 1 aliphatic rings. The van der Waals surface area contributed by atoms with Crippen molar-refractivity contribution in [3.8, 4) is 0 Å². The molecule has 0 bridgehead atoms. The first kappa shape index (κ1) is 25.1. The molecule has 2 aromatic rings. The van der Waals surface area contributed by atoms with Crippen molar-refractivity contribution in [1.82, 2.24) is 14.5 Å². The fourth-order valence-electron chi connectivity index (χ4n) is 2.76. The fraction of sp³-hybridized carbons (Fsp3) is 0.455. The van der Waals surface area contributed by atoms with Crippen molar-refractivity contribution in [3.63, 3.8) is 0 Å². The van der Waals surface area contributed by atoms with Gasteiger partial charge in [0.25, 0.3) is 11.4 Å². The van der Waals surface area contributed by atoms with E-state index in [4.69, 9.17) is 25.2 Å². The normalized spacial score (nSPS) is 27.9. The molecule has 0 aliphatic carbocycles. The Morgan fingerprint density at radius 3 is 2.56 bits per heavy atom. The Labute approximate surface area is 175 Å². The van der Waals surface area contributed by atoms with Gasteiger partial charge in [0.1, 0.15) is 12.8 Å². The second-order valence-corrected chi connectivity index (χ2v) is 10.8. The lowest BCUT2D eigenvalue weighted by Crippen LogP contribution is -2.36. The van der Waals surface area contributed by atoms with E-state index in [-0.39, 0.29) is 17.0 Å². The highest BCUT2D eigenvalue weighted by atomic mass is 31.3. The van der Waals surface area contributed by atoms with Crippen molar-refractivity contribution in [1.29, 1.82) is 0 Å². The SMILES string of the molecule is Nc1nc2c(ccn2[C@H]2C[C@H](F)[C@@](F)(COP(=O)(O)OP(=O)(O)OP(=O)(O)O)O2)c(=O)[nH]1. The third-order valence-electron chi connectivity index (χ3n) is 3.96. The molecule has 180 valence electrons. The second kappa shape index (κ2) is 8.34. The van der Waals surface area contributed by atoms with Gasteiger partial charge in [0.2, 0.25) is 5.95 Å². The van der Waals surface area contributed by atoms with Crippen LogP contribution in [-0.2, 0) is 31.6 Å². The number of alkyl halides is 2. The third-order valence-corrected chi connectivity index (χ3v) is 7.74. The van der Waals surface area contributed by atoms with Crippen LogP contribution in [0.3, 0.4) is 0 Å². The van der Waals surface area contributed by atoms with Gasteiger partial charge in [0.15, 0.2) is 11.8 Å². The minimum atomic E-state index is -5.84. The molecule has 0 saturated carbocycles. The number of H-pyrrole nitrogens is 1. The Kier molecular flexibility index (Phi) is 6.54. The number of phosphoric ester groups is 1. The molecular formula is C11H15F2N4O12P3. The van der Waals surface area contributed by atoms with Gasteiger partial charge in [0, 0.05) is 12.6 Å². The number of hydrogen-bond acceptors (Lipinski definition) is 10. The first-order valence-electron chi connectivity index (χ1n) is 8.16. The van der Waals surface area contributed by atoms with E-state index in [1.807, 2.05) is 0 Å². The molecule has 3 heterocycles. The number of hydrogen-bond donors (Lipinski definition) is 6. The highest BCUT2D eigenvalue weighted by Crippen LogP contribution is 2.66. The van der Waals surface area contributed by atoms with E-state index in [1.165, 1.54) is 12.3 Å². The molecule has 21 heteroatoms. The van der Waals surface area contributed by atoms with E-state index >= 15 is 0 Å². The van der Waals surface area contributed by atoms with Crippen molar-refractivity contribution in [2.24, 2.45) is 0 Å². The Morgan fingerprint density at radius 2 is 1.94 bits per heavy atom. The van der Waals surface area contributed by atoms with Crippen LogP contribution in [0.1, 0.15) is 12.6 Å². The molecular weight excluding hydrogens is 511 g/mol. The van der Waals surface area contributed by atoms with E-state index in [9.17, 15) is 32.2 Å². The average molecular weight is 526 g/mol. The number of phosphoric acid groups is 3. The molecule has 1 saturated heterocycles.